The molecular weight excluding hydrogens is 669 g/mol. The van der Waals surface area contributed by atoms with Gasteiger partial charge in [-0.15, -0.1) is 0 Å². The molecule has 0 aliphatic rings. The standard InChI is InChI=1S/C41H60O7S2/c1-10-11-12-13-14-15-16-17-24-46-37-25-31(2)18-21-34(37)27-33-20-23-36(39(28-33)50(44,45)48-30-41(7,8)9)35-22-19-32(3)26-38(35)49(42,43)47-29-40(4,5)6/h18-23,25-26,28H,10-17,24,27,29-30H2,1-9H3. The SMILES string of the molecule is CCCCCCCCCCOc1cc(C)ccc1Cc1ccc(-c2ccc(C)cc2S(=O)(=O)OCC(C)(C)C)c(S(=O)(=O)OCC(C)(C)C)c1. The van der Waals surface area contributed by atoms with Crippen molar-refractivity contribution in [1.82, 2.24) is 0 Å². The van der Waals surface area contributed by atoms with Crippen molar-refractivity contribution in [2.24, 2.45) is 10.8 Å². The number of hydrogen-bond donors (Lipinski definition) is 0. The third-order valence-corrected chi connectivity index (χ3v) is 10.8. The molecule has 0 fully saturated rings. The van der Waals surface area contributed by atoms with Gasteiger partial charge >= 0.3 is 0 Å². The molecule has 0 aliphatic carbocycles. The van der Waals surface area contributed by atoms with Crippen molar-refractivity contribution in [2.45, 2.75) is 130 Å². The molecule has 0 unspecified atom stereocenters. The van der Waals surface area contributed by atoms with Crippen LogP contribution in [0.3, 0.4) is 0 Å². The third kappa shape index (κ3) is 13.4. The van der Waals surface area contributed by atoms with E-state index >= 15 is 0 Å². The Morgan fingerprint density at radius 3 is 1.62 bits per heavy atom. The van der Waals surface area contributed by atoms with Crippen molar-refractivity contribution in [2.75, 3.05) is 19.8 Å². The zero-order valence-electron chi connectivity index (χ0n) is 31.9. The van der Waals surface area contributed by atoms with Crippen LogP contribution < -0.4 is 4.74 Å². The molecule has 0 amide bonds. The predicted molar refractivity (Wildman–Crippen MR) is 204 cm³/mol. The van der Waals surface area contributed by atoms with E-state index in [1.54, 1.807) is 31.2 Å². The van der Waals surface area contributed by atoms with Crippen molar-refractivity contribution in [3.8, 4) is 16.9 Å². The van der Waals surface area contributed by atoms with Crippen LogP contribution in [-0.4, -0.2) is 36.7 Å². The summed E-state index contributed by atoms with van der Waals surface area (Å²) < 4.78 is 72.5. The molecule has 7 nitrogen and oxygen atoms in total. The van der Waals surface area contributed by atoms with E-state index in [4.69, 9.17) is 13.1 Å². The Morgan fingerprint density at radius 2 is 1.06 bits per heavy atom. The second kappa shape index (κ2) is 18.2. The first-order valence-electron chi connectivity index (χ1n) is 18.1. The lowest BCUT2D eigenvalue weighted by Crippen LogP contribution is -2.20. The quantitative estimate of drug-likeness (QED) is 0.0895. The maximum absolute atomic E-state index is 13.9. The lowest BCUT2D eigenvalue weighted by Gasteiger charge is -2.21. The average Bonchev–Trinajstić information content (AvgIpc) is 3.03. The largest absolute Gasteiger partial charge is 0.493 e. The smallest absolute Gasteiger partial charge is 0.297 e. The Bertz CT molecular complexity index is 1760. The van der Waals surface area contributed by atoms with Gasteiger partial charge in [0.2, 0.25) is 0 Å². The molecule has 50 heavy (non-hydrogen) atoms. The zero-order chi connectivity index (χ0) is 37.2. The van der Waals surface area contributed by atoms with Crippen LogP contribution in [0.5, 0.6) is 5.75 Å². The molecule has 0 saturated heterocycles. The molecule has 0 N–H and O–H groups in total. The normalized spacial score (nSPS) is 12.7. The van der Waals surface area contributed by atoms with E-state index in [1.165, 1.54) is 44.6 Å². The fourth-order valence-corrected chi connectivity index (χ4v) is 8.17. The van der Waals surface area contributed by atoms with Gasteiger partial charge in [-0.3, -0.25) is 8.37 Å². The summed E-state index contributed by atoms with van der Waals surface area (Å²) in [5.41, 5.74) is 3.10. The number of benzene rings is 3. The van der Waals surface area contributed by atoms with E-state index in [-0.39, 0.29) is 34.1 Å². The van der Waals surface area contributed by atoms with Crippen LogP contribution in [0, 0.1) is 24.7 Å². The highest BCUT2D eigenvalue weighted by atomic mass is 32.2. The van der Waals surface area contributed by atoms with Gasteiger partial charge in [0.1, 0.15) is 15.5 Å². The molecule has 0 atom stereocenters. The minimum absolute atomic E-state index is 0.0263. The van der Waals surface area contributed by atoms with E-state index in [0.29, 0.717) is 18.6 Å². The van der Waals surface area contributed by atoms with Gasteiger partial charge in [0.05, 0.1) is 19.8 Å². The van der Waals surface area contributed by atoms with Crippen LogP contribution in [0.4, 0.5) is 0 Å². The van der Waals surface area contributed by atoms with Crippen LogP contribution in [0.15, 0.2) is 64.4 Å². The van der Waals surface area contributed by atoms with Gasteiger partial charge < -0.3 is 4.74 Å². The molecule has 0 bridgehead atoms. The van der Waals surface area contributed by atoms with E-state index < -0.39 is 31.1 Å². The van der Waals surface area contributed by atoms with E-state index in [0.717, 1.165) is 35.3 Å². The Hall–Kier alpha value is -2.72. The van der Waals surface area contributed by atoms with Crippen molar-refractivity contribution in [3.05, 3.63) is 76.9 Å². The minimum atomic E-state index is -4.31. The summed E-state index contributed by atoms with van der Waals surface area (Å²) in [6, 6.07) is 16.1. The van der Waals surface area contributed by atoms with Gasteiger partial charge in [0.25, 0.3) is 20.2 Å². The van der Waals surface area contributed by atoms with Gasteiger partial charge in [-0.1, -0.05) is 130 Å². The Balaban J connectivity index is 1.99. The topological polar surface area (TPSA) is 96.0 Å². The Kier molecular flexibility index (Phi) is 15.1. The lowest BCUT2D eigenvalue weighted by molar-refractivity contribution is 0.203. The highest BCUT2D eigenvalue weighted by Gasteiger charge is 2.29. The van der Waals surface area contributed by atoms with Gasteiger partial charge in [0, 0.05) is 17.5 Å². The summed E-state index contributed by atoms with van der Waals surface area (Å²) >= 11 is 0. The molecule has 3 aromatic rings. The van der Waals surface area contributed by atoms with Crippen molar-refractivity contribution >= 4 is 20.2 Å². The average molecular weight is 729 g/mol. The first-order chi connectivity index (χ1) is 23.3. The summed E-state index contributed by atoms with van der Waals surface area (Å²) in [5, 5.41) is 0. The van der Waals surface area contributed by atoms with Gasteiger partial charge in [-0.05, 0) is 71.6 Å². The first kappa shape index (κ1) is 41.7. The summed E-state index contributed by atoms with van der Waals surface area (Å²) in [6.45, 7) is 17.9. The fraction of sp³-hybridized carbons (Fsp3) is 0.561. The number of rotatable bonds is 19. The fourth-order valence-electron chi connectivity index (χ4n) is 5.38. The van der Waals surface area contributed by atoms with Crippen LogP contribution in [0.2, 0.25) is 0 Å². The molecule has 0 aromatic heterocycles. The Morgan fingerprint density at radius 1 is 0.580 bits per heavy atom. The molecule has 3 aromatic carbocycles. The predicted octanol–water partition coefficient (Wildman–Crippen LogP) is 10.6. The summed E-state index contributed by atoms with van der Waals surface area (Å²) in [5.74, 6) is 0.785. The van der Waals surface area contributed by atoms with E-state index in [1.807, 2.05) is 72.7 Å². The highest BCUT2D eigenvalue weighted by Crippen LogP contribution is 2.37. The van der Waals surface area contributed by atoms with Crippen LogP contribution in [0.1, 0.15) is 122 Å². The van der Waals surface area contributed by atoms with Gasteiger partial charge in [0.15, 0.2) is 0 Å². The van der Waals surface area contributed by atoms with E-state index in [2.05, 4.69) is 6.92 Å². The molecule has 9 heteroatoms. The van der Waals surface area contributed by atoms with Crippen molar-refractivity contribution < 1.29 is 29.9 Å². The van der Waals surface area contributed by atoms with Gasteiger partial charge in [-0.2, -0.15) is 16.8 Å². The number of unbranched alkanes of at least 4 members (excludes halogenated alkanes) is 7. The summed E-state index contributed by atoms with van der Waals surface area (Å²) in [4.78, 5) is -0.180. The first-order valence-corrected chi connectivity index (χ1v) is 20.9. The maximum atomic E-state index is 13.9. The second-order valence-corrected chi connectivity index (χ2v) is 19.2. The molecule has 0 saturated carbocycles. The van der Waals surface area contributed by atoms with Crippen LogP contribution in [-0.2, 0) is 35.0 Å². The van der Waals surface area contributed by atoms with Crippen molar-refractivity contribution in [3.63, 3.8) is 0 Å². The molecular formula is C41H60O7S2. The minimum Gasteiger partial charge on any atom is -0.493 e. The molecule has 0 aliphatic heterocycles. The molecule has 0 radical (unpaired) electrons. The van der Waals surface area contributed by atoms with E-state index in [9.17, 15) is 16.8 Å². The zero-order valence-corrected chi connectivity index (χ0v) is 33.5. The molecule has 0 spiro atoms. The van der Waals surface area contributed by atoms with Crippen LogP contribution >= 0.6 is 0 Å². The van der Waals surface area contributed by atoms with Crippen molar-refractivity contribution in [1.29, 1.82) is 0 Å². The van der Waals surface area contributed by atoms with Crippen LogP contribution in [0.25, 0.3) is 11.1 Å². The maximum Gasteiger partial charge on any atom is 0.297 e. The molecule has 0 heterocycles. The lowest BCUT2D eigenvalue weighted by atomic mass is 9.98. The highest BCUT2D eigenvalue weighted by molar-refractivity contribution is 7.87. The monoisotopic (exact) mass is 728 g/mol. The third-order valence-electron chi connectivity index (χ3n) is 8.18. The number of aryl methyl sites for hydroxylation is 2. The summed E-state index contributed by atoms with van der Waals surface area (Å²) in [6.07, 6.45) is 10.2. The number of ether oxygens (including phenoxy) is 1. The molecule has 278 valence electrons. The number of hydrogen-bond acceptors (Lipinski definition) is 7. The van der Waals surface area contributed by atoms with Gasteiger partial charge in [-0.25, -0.2) is 0 Å². The summed E-state index contributed by atoms with van der Waals surface area (Å²) in [7, 11) is -8.54. The molecule has 3 rings (SSSR count). The Labute approximate surface area is 303 Å². The second-order valence-electron chi connectivity index (χ2n) is 16.0.